The van der Waals surface area contributed by atoms with Crippen molar-refractivity contribution >= 4 is 34.6 Å². The van der Waals surface area contributed by atoms with Crippen LogP contribution in [0, 0.1) is 6.92 Å². The van der Waals surface area contributed by atoms with Gasteiger partial charge in [0.25, 0.3) is 0 Å². The summed E-state index contributed by atoms with van der Waals surface area (Å²) < 4.78 is 5.18. The fourth-order valence-electron chi connectivity index (χ4n) is 3.11. The topological polar surface area (TPSA) is 27.7 Å². The Morgan fingerprint density at radius 1 is 1.12 bits per heavy atom. The van der Waals surface area contributed by atoms with Gasteiger partial charge in [-0.1, -0.05) is 29.8 Å². The van der Waals surface area contributed by atoms with Crippen LogP contribution in [0.25, 0.3) is 0 Å². The zero-order valence-corrected chi connectivity index (χ0v) is 16.7. The van der Waals surface area contributed by atoms with Gasteiger partial charge in [-0.05, 0) is 54.5 Å². The Balaban J connectivity index is 1.50. The van der Waals surface area contributed by atoms with Gasteiger partial charge in [0.05, 0.1) is 7.11 Å². The van der Waals surface area contributed by atoms with Gasteiger partial charge in [0.1, 0.15) is 5.75 Å². The Bertz CT molecular complexity index is 758. The summed E-state index contributed by atoms with van der Waals surface area (Å²) in [4.78, 5) is 4.61. The van der Waals surface area contributed by atoms with Crippen LogP contribution in [0.1, 0.15) is 11.1 Å². The van der Waals surface area contributed by atoms with Crippen molar-refractivity contribution < 1.29 is 4.74 Å². The van der Waals surface area contributed by atoms with E-state index in [1.165, 1.54) is 16.8 Å². The molecule has 3 rings (SSSR count). The summed E-state index contributed by atoms with van der Waals surface area (Å²) in [5, 5.41) is 4.95. The molecule has 1 N–H and O–H groups in total. The van der Waals surface area contributed by atoms with E-state index in [-0.39, 0.29) is 0 Å². The highest BCUT2D eigenvalue weighted by atomic mass is 35.5. The number of benzene rings is 2. The average Bonchev–Trinajstić information content (AvgIpc) is 2.68. The zero-order chi connectivity index (χ0) is 18.5. The van der Waals surface area contributed by atoms with Crippen molar-refractivity contribution in [1.82, 2.24) is 10.2 Å². The molecule has 0 radical (unpaired) electrons. The molecule has 1 aliphatic rings. The average molecular weight is 390 g/mol. The SMILES string of the molecule is COc1ccc(CNC(=S)N2CCN(c3cc(Cl)ccc3C)CC2)cc1. The number of nitrogens with one attached hydrogen (secondary N) is 1. The van der Waals surface area contributed by atoms with Crippen LogP contribution < -0.4 is 15.0 Å². The number of hydrogen-bond donors (Lipinski definition) is 1. The number of hydrogen-bond acceptors (Lipinski definition) is 3. The second-order valence-corrected chi connectivity index (χ2v) is 7.23. The second kappa shape index (κ2) is 8.60. The van der Waals surface area contributed by atoms with Gasteiger partial charge in [-0.3, -0.25) is 0 Å². The maximum absolute atomic E-state index is 6.16. The molecule has 1 fully saturated rings. The molecule has 1 heterocycles. The predicted octanol–water partition coefficient (Wildman–Crippen LogP) is 3.85. The van der Waals surface area contributed by atoms with Gasteiger partial charge in [0.2, 0.25) is 0 Å². The molecule has 0 unspecified atom stereocenters. The van der Waals surface area contributed by atoms with E-state index in [1.54, 1.807) is 7.11 Å². The predicted molar refractivity (Wildman–Crippen MR) is 112 cm³/mol. The van der Waals surface area contributed by atoms with Crippen molar-refractivity contribution in [2.45, 2.75) is 13.5 Å². The van der Waals surface area contributed by atoms with Gasteiger partial charge >= 0.3 is 0 Å². The Labute approximate surface area is 165 Å². The van der Waals surface area contributed by atoms with Crippen LogP contribution in [0.2, 0.25) is 5.02 Å². The highest BCUT2D eigenvalue weighted by molar-refractivity contribution is 7.80. The molecule has 4 nitrogen and oxygen atoms in total. The first-order valence-corrected chi connectivity index (χ1v) is 9.52. The monoisotopic (exact) mass is 389 g/mol. The minimum atomic E-state index is 0.719. The van der Waals surface area contributed by atoms with Crippen molar-refractivity contribution in [2.24, 2.45) is 0 Å². The van der Waals surface area contributed by atoms with Crippen LogP contribution in [0.5, 0.6) is 5.75 Å². The van der Waals surface area contributed by atoms with Gasteiger partial charge in [0, 0.05) is 43.4 Å². The number of thiocarbonyl (C=S) groups is 1. The summed E-state index contributed by atoms with van der Waals surface area (Å²) in [6.07, 6.45) is 0. The lowest BCUT2D eigenvalue weighted by atomic mass is 10.1. The molecule has 0 aromatic heterocycles. The molecule has 6 heteroatoms. The Kier molecular flexibility index (Phi) is 6.22. The lowest BCUT2D eigenvalue weighted by molar-refractivity contribution is 0.380. The number of methoxy groups -OCH3 is 1. The first-order chi connectivity index (χ1) is 12.6. The number of piperazine rings is 1. The van der Waals surface area contributed by atoms with Crippen molar-refractivity contribution in [3.05, 3.63) is 58.6 Å². The van der Waals surface area contributed by atoms with Gasteiger partial charge in [-0.2, -0.15) is 0 Å². The summed E-state index contributed by atoms with van der Waals surface area (Å²) in [5.41, 5.74) is 3.65. The van der Waals surface area contributed by atoms with E-state index in [2.05, 4.69) is 28.1 Å². The van der Waals surface area contributed by atoms with Gasteiger partial charge in [0.15, 0.2) is 5.11 Å². The van der Waals surface area contributed by atoms with E-state index >= 15 is 0 Å². The standard InChI is InChI=1S/C20H24ClN3OS/c1-15-3-6-17(21)13-19(15)23-9-11-24(12-10-23)20(26)22-14-16-4-7-18(25-2)8-5-16/h3-8,13H,9-12,14H2,1-2H3,(H,22,26). The van der Waals surface area contributed by atoms with E-state index < -0.39 is 0 Å². The molecule has 0 bridgehead atoms. The van der Waals surface area contributed by atoms with Crippen LogP contribution in [-0.2, 0) is 6.54 Å². The van der Waals surface area contributed by atoms with E-state index in [0.29, 0.717) is 0 Å². The Morgan fingerprint density at radius 2 is 1.81 bits per heavy atom. The number of halogens is 1. The Hall–Kier alpha value is -1.98. The van der Waals surface area contributed by atoms with Crippen molar-refractivity contribution in [1.29, 1.82) is 0 Å². The van der Waals surface area contributed by atoms with E-state index in [4.69, 9.17) is 28.6 Å². The maximum Gasteiger partial charge on any atom is 0.169 e. The number of nitrogens with zero attached hydrogens (tertiary/aromatic N) is 2. The number of rotatable bonds is 4. The summed E-state index contributed by atoms with van der Waals surface area (Å²) in [5.74, 6) is 0.865. The number of ether oxygens (including phenoxy) is 1. The molecule has 0 atom stereocenters. The summed E-state index contributed by atoms with van der Waals surface area (Å²) >= 11 is 11.7. The van der Waals surface area contributed by atoms with Gasteiger partial charge in [-0.15, -0.1) is 0 Å². The van der Waals surface area contributed by atoms with Crippen LogP contribution in [0.4, 0.5) is 5.69 Å². The smallest absolute Gasteiger partial charge is 0.169 e. The quantitative estimate of drug-likeness (QED) is 0.802. The lowest BCUT2D eigenvalue weighted by Gasteiger charge is -2.38. The Morgan fingerprint density at radius 3 is 2.46 bits per heavy atom. The van der Waals surface area contributed by atoms with Crippen LogP contribution >= 0.6 is 23.8 Å². The third-order valence-corrected chi connectivity index (χ3v) is 5.32. The highest BCUT2D eigenvalue weighted by Gasteiger charge is 2.20. The van der Waals surface area contributed by atoms with Crippen LogP contribution in [-0.4, -0.2) is 43.3 Å². The molecule has 0 aliphatic carbocycles. The zero-order valence-electron chi connectivity index (χ0n) is 15.2. The molecular formula is C20H24ClN3OS. The highest BCUT2D eigenvalue weighted by Crippen LogP contribution is 2.25. The molecule has 1 saturated heterocycles. The third kappa shape index (κ3) is 4.59. The van der Waals surface area contributed by atoms with E-state index in [1.807, 2.05) is 36.4 Å². The maximum atomic E-state index is 6.16. The van der Waals surface area contributed by atoms with Crippen LogP contribution in [0.3, 0.4) is 0 Å². The molecule has 0 amide bonds. The number of aryl methyl sites for hydroxylation is 1. The van der Waals surface area contributed by atoms with Crippen molar-refractivity contribution in [3.63, 3.8) is 0 Å². The van der Waals surface area contributed by atoms with E-state index in [9.17, 15) is 0 Å². The normalized spacial score (nSPS) is 14.3. The van der Waals surface area contributed by atoms with Crippen molar-refractivity contribution in [2.75, 3.05) is 38.2 Å². The summed E-state index contributed by atoms with van der Waals surface area (Å²) in [6, 6.07) is 14.1. The minimum Gasteiger partial charge on any atom is -0.497 e. The largest absolute Gasteiger partial charge is 0.497 e. The minimum absolute atomic E-state index is 0.719. The fourth-order valence-corrected chi connectivity index (χ4v) is 3.53. The molecule has 0 spiro atoms. The first kappa shape index (κ1) is 18.8. The second-order valence-electron chi connectivity index (χ2n) is 6.41. The molecular weight excluding hydrogens is 366 g/mol. The van der Waals surface area contributed by atoms with Crippen molar-refractivity contribution in [3.8, 4) is 5.75 Å². The third-order valence-electron chi connectivity index (χ3n) is 4.68. The molecule has 26 heavy (non-hydrogen) atoms. The molecule has 2 aromatic carbocycles. The summed E-state index contributed by atoms with van der Waals surface area (Å²) in [6.45, 7) is 6.52. The van der Waals surface area contributed by atoms with E-state index in [0.717, 1.165) is 48.6 Å². The molecule has 2 aromatic rings. The molecule has 1 aliphatic heterocycles. The fraction of sp³-hybridized carbons (Fsp3) is 0.350. The lowest BCUT2D eigenvalue weighted by Crippen LogP contribution is -2.51. The number of anilines is 1. The van der Waals surface area contributed by atoms with Gasteiger partial charge < -0.3 is 19.9 Å². The van der Waals surface area contributed by atoms with Gasteiger partial charge in [-0.25, -0.2) is 0 Å². The summed E-state index contributed by atoms with van der Waals surface area (Å²) in [7, 11) is 1.67. The molecule has 138 valence electrons. The first-order valence-electron chi connectivity index (χ1n) is 8.73. The molecule has 0 saturated carbocycles. The van der Waals surface area contributed by atoms with Crippen LogP contribution in [0.15, 0.2) is 42.5 Å².